The molecule has 0 radical (unpaired) electrons. The van der Waals surface area contributed by atoms with Crippen LogP contribution in [-0.4, -0.2) is 57.3 Å². The van der Waals surface area contributed by atoms with Crippen LogP contribution in [-0.2, 0) is 19.6 Å². The van der Waals surface area contributed by atoms with E-state index in [1.165, 1.54) is 41.7 Å². The van der Waals surface area contributed by atoms with E-state index in [0.29, 0.717) is 13.1 Å². The number of ether oxygens (including phenoxy) is 2. The van der Waals surface area contributed by atoms with Crippen molar-refractivity contribution < 1.29 is 32.3 Å². The number of hydrogen-bond donors (Lipinski definition) is 1. The Kier molecular flexibility index (Phi) is 8.18. The van der Waals surface area contributed by atoms with Gasteiger partial charge in [-0.2, -0.15) is 4.31 Å². The van der Waals surface area contributed by atoms with E-state index < -0.39 is 34.4 Å². The number of nitrogens with zero attached hydrogens (tertiary/aromatic N) is 1. The van der Waals surface area contributed by atoms with Gasteiger partial charge in [-0.25, -0.2) is 13.2 Å². The van der Waals surface area contributed by atoms with Gasteiger partial charge in [-0.3, -0.25) is 14.9 Å². The van der Waals surface area contributed by atoms with Gasteiger partial charge in [0.05, 0.1) is 12.7 Å². The molecule has 10 heteroatoms. The molecule has 0 unspecified atom stereocenters. The van der Waals surface area contributed by atoms with Crippen molar-refractivity contribution in [2.45, 2.75) is 30.6 Å². The Bertz CT molecular complexity index is 1110. The summed E-state index contributed by atoms with van der Waals surface area (Å²) in [6, 6.07) is 12.0. The topological polar surface area (TPSA) is 119 Å². The summed E-state index contributed by atoms with van der Waals surface area (Å²) >= 11 is 0. The third-order valence-corrected chi connectivity index (χ3v) is 7.13. The number of sulfonamides is 1. The Morgan fingerprint density at radius 2 is 1.61 bits per heavy atom. The highest BCUT2D eigenvalue weighted by molar-refractivity contribution is 7.89. The molecule has 2 amide bonds. The van der Waals surface area contributed by atoms with Crippen LogP contribution in [0.3, 0.4) is 0 Å². The first-order valence-electron chi connectivity index (χ1n) is 10.6. The Morgan fingerprint density at radius 1 is 0.939 bits per heavy atom. The lowest BCUT2D eigenvalue weighted by molar-refractivity contribution is -0.123. The number of nitrogens with one attached hydrogen (secondary N) is 1. The van der Waals surface area contributed by atoms with Crippen molar-refractivity contribution in [1.82, 2.24) is 9.62 Å². The number of hydrogen-bond acceptors (Lipinski definition) is 7. The third kappa shape index (κ3) is 6.17. The number of imide groups is 1. The van der Waals surface area contributed by atoms with Crippen molar-refractivity contribution in [3.63, 3.8) is 0 Å². The highest BCUT2D eigenvalue weighted by atomic mass is 32.2. The van der Waals surface area contributed by atoms with Crippen molar-refractivity contribution in [3.05, 3.63) is 59.7 Å². The second kappa shape index (κ2) is 11.1. The molecule has 0 bridgehead atoms. The van der Waals surface area contributed by atoms with Crippen LogP contribution in [0.25, 0.3) is 0 Å². The molecule has 0 aromatic heterocycles. The summed E-state index contributed by atoms with van der Waals surface area (Å²) in [6.07, 6.45) is 3.45. The van der Waals surface area contributed by atoms with Gasteiger partial charge >= 0.3 is 5.97 Å². The predicted molar refractivity (Wildman–Crippen MR) is 119 cm³/mol. The lowest BCUT2D eigenvalue weighted by Crippen LogP contribution is -2.34. The third-order valence-electron chi connectivity index (χ3n) is 5.21. The molecular weight excluding hydrogens is 448 g/mol. The molecule has 1 aliphatic rings. The maximum Gasteiger partial charge on any atom is 0.338 e. The number of amides is 2. The van der Waals surface area contributed by atoms with Crippen LogP contribution in [0.4, 0.5) is 0 Å². The van der Waals surface area contributed by atoms with E-state index in [9.17, 15) is 22.8 Å². The highest BCUT2D eigenvalue weighted by Crippen LogP contribution is 2.29. The summed E-state index contributed by atoms with van der Waals surface area (Å²) in [5, 5.41) is 2.13. The molecule has 1 fully saturated rings. The molecule has 176 valence electrons. The van der Waals surface area contributed by atoms with Crippen LogP contribution >= 0.6 is 0 Å². The van der Waals surface area contributed by atoms with Gasteiger partial charge in [-0.1, -0.05) is 31.0 Å². The van der Waals surface area contributed by atoms with Crippen LogP contribution < -0.4 is 10.1 Å². The van der Waals surface area contributed by atoms with E-state index >= 15 is 0 Å². The lowest BCUT2D eigenvalue weighted by atomic mass is 10.2. The van der Waals surface area contributed by atoms with Gasteiger partial charge in [0.2, 0.25) is 10.0 Å². The lowest BCUT2D eigenvalue weighted by Gasteiger charge is -2.21. The van der Waals surface area contributed by atoms with Crippen LogP contribution in [0.1, 0.15) is 46.4 Å². The smallest absolute Gasteiger partial charge is 0.338 e. The number of carbonyl (C=O) groups excluding carboxylic acids is 3. The minimum Gasteiger partial charge on any atom is -0.495 e. The summed E-state index contributed by atoms with van der Waals surface area (Å²) in [7, 11) is -2.54. The number of benzene rings is 2. The molecule has 0 aliphatic carbocycles. The minimum atomic E-state index is -3.89. The quantitative estimate of drug-likeness (QED) is 0.612. The van der Waals surface area contributed by atoms with Crippen LogP contribution in [0, 0.1) is 0 Å². The molecule has 0 atom stereocenters. The molecule has 1 saturated heterocycles. The molecule has 1 N–H and O–H groups in total. The highest BCUT2D eigenvalue weighted by Gasteiger charge is 2.29. The number of carbonyl (C=O) groups is 3. The van der Waals surface area contributed by atoms with E-state index in [4.69, 9.17) is 9.47 Å². The average Bonchev–Trinajstić information content (AvgIpc) is 3.13. The Morgan fingerprint density at radius 3 is 2.24 bits per heavy atom. The van der Waals surface area contributed by atoms with E-state index in [-0.39, 0.29) is 21.8 Å². The van der Waals surface area contributed by atoms with Gasteiger partial charge in [0, 0.05) is 18.7 Å². The fourth-order valence-electron chi connectivity index (χ4n) is 3.47. The minimum absolute atomic E-state index is 0.0496. The van der Waals surface area contributed by atoms with Gasteiger partial charge in [-0.15, -0.1) is 0 Å². The first-order valence-corrected chi connectivity index (χ1v) is 12.0. The van der Waals surface area contributed by atoms with Crippen LogP contribution in [0.15, 0.2) is 53.4 Å². The van der Waals surface area contributed by atoms with Crippen LogP contribution in [0.5, 0.6) is 5.75 Å². The summed E-state index contributed by atoms with van der Waals surface area (Å²) in [6.45, 7) is 0.100. The van der Waals surface area contributed by atoms with Crippen molar-refractivity contribution in [1.29, 1.82) is 0 Å². The predicted octanol–water partition coefficient (Wildman–Crippen LogP) is 2.37. The Hall–Kier alpha value is -3.24. The molecular formula is C23H26N2O7S. The molecule has 1 heterocycles. The summed E-state index contributed by atoms with van der Waals surface area (Å²) < 4.78 is 38.0. The van der Waals surface area contributed by atoms with E-state index in [2.05, 4.69) is 5.32 Å². The first kappa shape index (κ1) is 24.4. The zero-order valence-corrected chi connectivity index (χ0v) is 19.1. The zero-order chi connectivity index (χ0) is 23.8. The van der Waals surface area contributed by atoms with Crippen molar-refractivity contribution in [3.8, 4) is 5.75 Å². The molecule has 2 aromatic rings. The molecule has 33 heavy (non-hydrogen) atoms. The fourth-order valence-corrected chi connectivity index (χ4v) is 5.16. The second-order valence-corrected chi connectivity index (χ2v) is 9.41. The van der Waals surface area contributed by atoms with Gasteiger partial charge in [0.1, 0.15) is 10.6 Å². The summed E-state index contributed by atoms with van der Waals surface area (Å²) in [4.78, 5) is 36.4. The normalized spacial score (nSPS) is 14.7. The van der Waals surface area contributed by atoms with E-state index in [1.54, 1.807) is 18.2 Å². The largest absolute Gasteiger partial charge is 0.495 e. The Labute approximate surface area is 192 Å². The summed E-state index contributed by atoms with van der Waals surface area (Å²) in [5.41, 5.74) is 0.238. The summed E-state index contributed by atoms with van der Waals surface area (Å²) in [5.74, 6) is -2.20. The van der Waals surface area contributed by atoms with Crippen molar-refractivity contribution >= 4 is 27.8 Å². The van der Waals surface area contributed by atoms with E-state index in [1.807, 2.05) is 0 Å². The average molecular weight is 475 g/mol. The molecule has 3 rings (SSSR count). The van der Waals surface area contributed by atoms with E-state index in [0.717, 1.165) is 25.7 Å². The molecule has 0 saturated carbocycles. The second-order valence-electron chi connectivity index (χ2n) is 7.50. The molecule has 0 spiro atoms. The van der Waals surface area contributed by atoms with Gasteiger partial charge < -0.3 is 9.47 Å². The number of methoxy groups -OCH3 is 1. The van der Waals surface area contributed by atoms with Gasteiger partial charge in [0.15, 0.2) is 6.61 Å². The van der Waals surface area contributed by atoms with Gasteiger partial charge in [0.25, 0.3) is 11.8 Å². The standard InChI is InChI=1S/C23H26N2O7S/c1-31-19-12-11-18(15-20(19)33(29,30)25-13-7-2-3-8-14-25)23(28)32-16-21(26)24-22(27)17-9-5-4-6-10-17/h4-6,9-12,15H,2-3,7-8,13-14,16H2,1H3,(H,24,26,27). The number of rotatable bonds is 7. The van der Waals surface area contributed by atoms with Crippen LogP contribution in [0.2, 0.25) is 0 Å². The monoisotopic (exact) mass is 474 g/mol. The first-order chi connectivity index (χ1) is 15.8. The van der Waals surface area contributed by atoms with Crippen molar-refractivity contribution in [2.24, 2.45) is 0 Å². The van der Waals surface area contributed by atoms with Crippen molar-refractivity contribution in [2.75, 3.05) is 26.8 Å². The maximum atomic E-state index is 13.2. The SMILES string of the molecule is COc1ccc(C(=O)OCC(=O)NC(=O)c2ccccc2)cc1S(=O)(=O)N1CCCCCC1. The zero-order valence-electron chi connectivity index (χ0n) is 18.3. The molecule has 2 aromatic carbocycles. The molecule has 9 nitrogen and oxygen atoms in total. The number of esters is 1. The van der Waals surface area contributed by atoms with Gasteiger partial charge in [-0.05, 0) is 43.2 Å². The Balaban J connectivity index is 1.69. The fraction of sp³-hybridized carbons (Fsp3) is 0.348. The molecule has 1 aliphatic heterocycles. The maximum absolute atomic E-state index is 13.2.